The Hall–Kier alpha value is -1.69. The molecule has 4 N–H and O–H groups in total. The molecule has 0 radical (unpaired) electrons. The summed E-state index contributed by atoms with van der Waals surface area (Å²) in [5.74, 6) is -0.0899. The zero-order valence-corrected chi connectivity index (χ0v) is 10.6. The van der Waals surface area contributed by atoms with Gasteiger partial charge in [-0.2, -0.15) is 0 Å². The van der Waals surface area contributed by atoms with E-state index in [4.69, 9.17) is 16.2 Å². The van der Waals surface area contributed by atoms with Crippen LogP contribution in [-0.4, -0.2) is 22.5 Å². The van der Waals surface area contributed by atoms with Crippen LogP contribution in [0.3, 0.4) is 0 Å². The molecule has 1 amide bonds. The number of nitrogens with zero attached hydrogens (tertiary/aromatic N) is 2. The van der Waals surface area contributed by atoms with Gasteiger partial charge in [0.15, 0.2) is 5.82 Å². The van der Waals surface area contributed by atoms with Gasteiger partial charge in [0.05, 0.1) is 5.69 Å². The van der Waals surface area contributed by atoms with Gasteiger partial charge >= 0.3 is 0 Å². The minimum atomic E-state index is -0.649. The highest BCUT2D eigenvalue weighted by molar-refractivity contribution is 5.98. The predicted molar refractivity (Wildman–Crippen MR) is 64.4 cm³/mol. The van der Waals surface area contributed by atoms with E-state index in [9.17, 15) is 4.79 Å². The summed E-state index contributed by atoms with van der Waals surface area (Å²) in [5.41, 5.74) is 10.9. The molecule has 0 aliphatic heterocycles. The van der Waals surface area contributed by atoms with E-state index in [1.54, 1.807) is 6.92 Å². The second kappa shape index (κ2) is 4.67. The van der Waals surface area contributed by atoms with Gasteiger partial charge < -0.3 is 16.2 Å². The number of amides is 1. The fourth-order valence-electron chi connectivity index (χ4n) is 1.59. The fraction of sp³-hybridized carbons (Fsp3) is 0.545. The molecule has 0 bridgehead atoms. The van der Waals surface area contributed by atoms with Crippen LogP contribution in [0.2, 0.25) is 0 Å². The summed E-state index contributed by atoms with van der Waals surface area (Å²) in [6, 6.07) is 0. The van der Waals surface area contributed by atoms with Gasteiger partial charge in [0.2, 0.25) is 0 Å². The van der Waals surface area contributed by atoms with Crippen LogP contribution in [0.5, 0.6) is 0 Å². The van der Waals surface area contributed by atoms with Crippen molar-refractivity contribution in [1.29, 1.82) is 0 Å². The number of anilines is 1. The zero-order valence-electron chi connectivity index (χ0n) is 10.6. The van der Waals surface area contributed by atoms with Crippen molar-refractivity contribution in [1.82, 2.24) is 9.97 Å². The third-order valence-corrected chi connectivity index (χ3v) is 2.41. The van der Waals surface area contributed by atoms with Crippen molar-refractivity contribution < 1.29 is 9.53 Å². The molecular weight excluding hydrogens is 220 g/mol. The van der Waals surface area contributed by atoms with Crippen molar-refractivity contribution in [2.45, 2.75) is 33.3 Å². The quantitative estimate of drug-likeness (QED) is 0.805. The van der Waals surface area contributed by atoms with E-state index in [0.29, 0.717) is 18.1 Å². The third-order valence-electron chi connectivity index (χ3n) is 2.41. The molecule has 1 heterocycles. The van der Waals surface area contributed by atoms with Gasteiger partial charge in [-0.15, -0.1) is 0 Å². The smallest absolute Gasteiger partial charge is 0.254 e. The first-order valence-electron chi connectivity index (χ1n) is 5.38. The second-order valence-electron chi connectivity index (χ2n) is 4.20. The molecule has 0 aliphatic rings. The number of hydrogen-bond donors (Lipinski definition) is 2. The summed E-state index contributed by atoms with van der Waals surface area (Å²) in [5, 5.41) is 0. The Kier molecular flexibility index (Phi) is 3.67. The van der Waals surface area contributed by atoms with E-state index in [1.165, 1.54) is 0 Å². The van der Waals surface area contributed by atoms with Gasteiger partial charge in [-0.05, 0) is 27.7 Å². The van der Waals surface area contributed by atoms with Gasteiger partial charge in [-0.25, -0.2) is 9.97 Å². The second-order valence-corrected chi connectivity index (χ2v) is 4.20. The lowest BCUT2D eigenvalue weighted by molar-refractivity contribution is -0.0208. The lowest BCUT2D eigenvalue weighted by Gasteiger charge is -2.23. The Bertz CT molecular complexity index is 420. The Morgan fingerprint density at radius 3 is 2.41 bits per heavy atom. The molecule has 0 saturated carbocycles. The van der Waals surface area contributed by atoms with Crippen molar-refractivity contribution in [3.05, 3.63) is 17.1 Å². The van der Waals surface area contributed by atoms with Crippen LogP contribution in [-0.2, 0) is 10.3 Å². The Labute approximate surface area is 100 Å². The van der Waals surface area contributed by atoms with Crippen molar-refractivity contribution >= 4 is 11.7 Å². The van der Waals surface area contributed by atoms with Crippen molar-refractivity contribution in [2.75, 3.05) is 12.3 Å². The number of rotatable bonds is 4. The molecule has 1 aromatic heterocycles. The number of aromatic nitrogens is 2. The summed E-state index contributed by atoms with van der Waals surface area (Å²) < 4.78 is 5.53. The van der Waals surface area contributed by atoms with Gasteiger partial charge in [0.1, 0.15) is 17.0 Å². The number of carbonyl (C=O) groups excluding carboxylic acids is 1. The molecule has 1 aromatic rings. The van der Waals surface area contributed by atoms with Gasteiger partial charge in [0, 0.05) is 6.61 Å². The fourth-order valence-corrected chi connectivity index (χ4v) is 1.59. The molecule has 94 valence electrons. The van der Waals surface area contributed by atoms with Crippen LogP contribution < -0.4 is 11.5 Å². The molecule has 0 saturated heterocycles. The van der Waals surface area contributed by atoms with Crippen LogP contribution >= 0.6 is 0 Å². The minimum absolute atomic E-state index is 0.0905. The predicted octanol–water partition coefficient (Wildman–Crippen LogP) is 0.738. The molecular formula is C11H18N4O2. The topological polar surface area (TPSA) is 104 Å². The standard InChI is InChI=1S/C11H18N4O2/c1-5-17-11(3,4)10-14-6(2)7(9(13)16)8(12)15-10/h5H2,1-4H3,(H2,13,16)(H2,12,14,15). The summed E-state index contributed by atoms with van der Waals surface area (Å²) in [6.45, 7) is 7.77. The number of nitrogens with two attached hydrogens (primary N) is 2. The molecule has 0 atom stereocenters. The summed E-state index contributed by atoms with van der Waals surface area (Å²) in [6.07, 6.45) is 0. The number of hydrogen-bond acceptors (Lipinski definition) is 5. The number of primary amides is 1. The van der Waals surface area contributed by atoms with E-state index in [2.05, 4.69) is 9.97 Å². The summed E-state index contributed by atoms with van der Waals surface area (Å²) in [4.78, 5) is 19.5. The van der Waals surface area contributed by atoms with E-state index in [0.717, 1.165) is 0 Å². The lowest BCUT2D eigenvalue weighted by Crippen LogP contribution is -2.27. The average molecular weight is 238 g/mol. The van der Waals surface area contributed by atoms with Crippen molar-refractivity contribution in [3.63, 3.8) is 0 Å². The first-order chi connectivity index (χ1) is 7.79. The van der Waals surface area contributed by atoms with Crippen LogP contribution in [0.15, 0.2) is 0 Å². The normalized spacial score (nSPS) is 11.5. The van der Waals surface area contributed by atoms with Crippen LogP contribution in [0, 0.1) is 6.92 Å². The van der Waals surface area contributed by atoms with Crippen LogP contribution in [0.25, 0.3) is 0 Å². The number of ether oxygens (including phenoxy) is 1. The SMILES string of the molecule is CCOC(C)(C)c1nc(C)c(C(N)=O)c(N)n1. The monoisotopic (exact) mass is 238 g/mol. The molecule has 6 nitrogen and oxygen atoms in total. The highest BCUT2D eigenvalue weighted by Crippen LogP contribution is 2.24. The molecule has 17 heavy (non-hydrogen) atoms. The largest absolute Gasteiger partial charge is 0.383 e. The maximum atomic E-state index is 11.2. The molecule has 0 aliphatic carbocycles. The third kappa shape index (κ3) is 2.71. The molecule has 6 heteroatoms. The molecule has 1 rings (SSSR count). The summed E-state index contributed by atoms with van der Waals surface area (Å²) in [7, 11) is 0. The Morgan fingerprint density at radius 2 is 2.00 bits per heavy atom. The van der Waals surface area contributed by atoms with E-state index < -0.39 is 11.5 Å². The first-order valence-corrected chi connectivity index (χ1v) is 5.38. The maximum Gasteiger partial charge on any atom is 0.254 e. The van der Waals surface area contributed by atoms with E-state index >= 15 is 0 Å². The first kappa shape index (κ1) is 13.4. The molecule has 0 spiro atoms. The Morgan fingerprint density at radius 1 is 1.41 bits per heavy atom. The highest BCUT2D eigenvalue weighted by atomic mass is 16.5. The zero-order chi connectivity index (χ0) is 13.2. The van der Waals surface area contributed by atoms with Gasteiger partial charge in [-0.3, -0.25) is 4.79 Å². The highest BCUT2D eigenvalue weighted by Gasteiger charge is 2.26. The maximum absolute atomic E-state index is 11.2. The molecule has 0 aromatic carbocycles. The van der Waals surface area contributed by atoms with E-state index in [1.807, 2.05) is 20.8 Å². The van der Waals surface area contributed by atoms with Gasteiger partial charge in [-0.1, -0.05) is 0 Å². The van der Waals surface area contributed by atoms with Gasteiger partial charge in [0.25, 0.3) is 5.91 Å². The number of nitrogen functional groups attached to an aromatic ring is 1. The Balaban J connectivity index is 3.28. The average Bonchev–Trinajstić information content (AvgIpc) is 2.15. The molecule has 0 unspecified atom stereocenters. The van der Waals surface area contributed by atoms with Crippen molar-refractivity contribution in [2.24, 2.45) is 5.73 Å². The minimum Gasteiger partial charge on any atom is -0.383 e. The number of carbonyl (C=O) groups is 1. The lowest BCUT2D eigenvalue weighted by atomic mass is 10.1. The van der Waals surface area contributed by atoms with Crippen LogP contribution in [0.1, 0.15) is 42.6 Å². The molecule has 0 fully saturated rings. The summed E-state index contributed by atoms with van der Waals surface area (Å²) >= 11 is 0. The number of aryl methyl sites for hydroxylation is 1. The van der Waals surface area contributed by atoms with Crippen molar-refractivity contribution in [3.8, 4) is 0 Å². The van der Waals surface area contributed by atoms with Crippen LogP contribution in [0.4, 0.5) is 5.82 Å². The van der Waals surface area contributed by atoms with E-state index in [-0.39, 0.29) is 11.4 Å².